The zero-order chi connectivity index (χ0) is 16.8. The Labute approximate surface area is 138 Å². The van der Waals surface area contributed by atoms with Crippen LogP contribution in [0.5, 0.6) is 5.75 Å². The van der Waals surface area contributed by atoms with Crippen LogP contribution in [-0.2, 0) is 11.3 Å². The lowest BCUT2D eigenvalue weighted by Gasteiger charge is -2.05. The highest BCUT2D eigenvalue weighted by Crippen LogP contribution is 2.10. The Hall–Kier alpha value is -3.15. The number of aromatic nitrogens is 2. The van der Waals surface area contributed by atoms with Gasteiger partial charge >= 0.3 is 0 Å². The first kappa shape index (κ1) is 15.7. The highest BCUT2D eigenvalue weighted by atomic mass is 19.1. The SMILES string of the molecule is O=C(COc1ccccc1)Nc1cnn(Cc2ccc(F)cc2)c1. The third-order valence-corrected chi connectivity index (χ3v) is 3.29. The van der Waals surface area contributed by atoms with Crippen molar-refractivity contribution in [3.63, 3.8) is 0 Å². The number of nitrogens with one attached hydrogen (secondary N) is 1. The maximum atomic E-state index is 12.9. The van der Waals surface area contributed by atoms with Crippen LogP contribution >= 0.6 is 0 Å². The first-order valence-electron chi connectivity index (χ1n) is 7.44. The number of amides is 1. The third kappa shape index (κ3) is 4.42. The molecule has 0 spiro atoms. The molecule has 3 rings (SSSR count). The van der Waals surface area contributed by atoms with Crippen molar-refractivity contribution in [2.24, 2.45) is 0 Å². The summed E-state index contributed by atoms with van der Waals surface area (Å²) in [6.07, 6.45) is 3.27. The van der Waals surface area contributed by atoms with Crippen LogP contribution in [0.1, 0.15) is 5.56 Å². The first-order chi connectivity index (χ1) is 11.7. The summed E-state index contributed by atoms with van der Waals surface area (Å²) in [6.45, 7) is 0.420. The Kier molecular flexibility index (Phi) is 4.86. The molecule has 2 aromatic carbocycles. The quantitative estimate of drug-likeness (QED) is 0.758. The molecule has 0 unspecified atom stereocenters. The van der Waals surface area contributed by atoms with Gasteiger partial charge in [0.1, 0.15) is 11.6 Å². The number of benzene rings is 2. The van der Waals surface area contributed by atoms with Gasteiger partial charge < -0.3 is 10.1 Å². The summed E-state index contributed by atoms with van der Waals surface area (Å²) < 4.78 is 19.9. The minimum Gasteiger partial charge on any atom is -0.484 e. The molecular weight excluding hydrogens is 309 g/mol. The molecule has 0 atom stereocenters. The molecular formula is C18H16FN3O2. The highest BCUT2D eigenvalue weighted by Gasteiger charge is 2.06. The van der Waals surface area contributed by atoms with Crippen LogP contribution in [-0.4, -0.2) is 22.3 Å². The number of ether oxygens (including phenoxy) is 1. The molecule has 0 saturated carbocycles. The van der Waals surface area contributed by atoms with E-state index in [0.717, 1.165) is 5.56 Å². The van der Waals surface area contributed by atoms with Gasteiger partial charge in [-0.15, -0.1) is 0 Å². The van der Waals surface area contributed by atoms with Crippen molar-refractivity contribution in [2.75, 3.05) is 11.9 Å². The van der Waals surface area contributed by atoms with Gasteiger partial charge in [0, 0.05) is 6.20 Å². The van der Waals surface area contributed by atoms with Crippen LogP contribution < -0.4 is 10.1 Å². The zero-order valence-electron chi connectivity index (χ0n) is 12.9. The monoisotopic (exact) mass is 325 g/mol. The van der Waals surface area contributed by atoms with Crippen LogP contribution in [0.3, 0.4) is 0 Å². The highest BCUT2D eigenvalue weighted by molar-refractivity contribution is 5.91. The van der Waals surface area contributed by atoms with E-state index in [1.54, 1.807) is 41.3 Å². The minimum atomic E-state index is -0.273. The number of nitrogens with zero attached hydrogens (tertiary/aromatic N) is 2. The smallest absolute Gasteiger partial charge is 0.262 e. The number of para-hydroxylation sites is 1. The van der Waals surface area contributed by atoms with Crippen LogP contribution in [0.25, 0.3) is 0 Å². The average molecular weight is 325 g/mol. The van der Waals surface area contributed by atoms with Crippen molar-refractivity contribution in [2.45, 2.75) is 6.54 Å². The summed E-state index contributed by atoms with van der Waals surface area (Å²) in [4.78, 5) is 11.9. The topological polar surface area (TPSA) is 56.1 Å². The Balaban J connectivity index is 1.51. The van der Waals surface area contributed by atoms with Gasteiger partial charge in [-0.2, -0.15) is 5.10 Å². The second-order valence-corrected chi connectivity index (χ2v) is 5.20. The van der Waals surface area contributed by atoms with Crippen molar-refractivity contribution in [1.82, 2.24) is 9.78 Å². The maximum absolute atomic E-state index is 12.9. The second kappa shape index (κ2) is 7.41. The van der Waals surface area contributed by atoms with E-state index in [4.69, 9.17) is 4.74 Å². The molecule has 0 saturated heterocycles. The van der Waals surface area contributed by atoms with Gasteiger partial charge in [-0.3, -0.25) is 9.48 Å². The van der Waals surface area contributed by atoms with Crippen LogP contribution in [0.4, 0.5) is 10.1 Å². The molecule has 0 aliphatic rings. The molecule has 0 radical (unpaired) electrons. The lowest BCUT2D eigenvalue weighted by Crippen LogP contribution is -2.19. The van der Waals surface area contributed by atoms with Crippen molar-refractivity contribution >= 4 is 11.6 Å². The number of carbonyl (C=O) groups is 1. The molecule has 0 aliphatic carbocycles. The summed E-state index contributed by atoms with van der Waals surface area (Å²) in [5.41, 5.74) is 1.50. The molecule has 1 N–H and O–H groups in total. The predicted octanol–water partition coefficient (Wildman–Crippen LogP) is 3.09. The Morgan fingerprint density at radius 3 is 2.62 bits per heavy atom. The first-order valence-corrected chi connectivity index (χ1v) is 7.44. The van der Waals surface area contributed by atoms with Gasteiger partial charge in [0.2, 0.25) is 0 Å². The number of anilines is 1. The molecule has 122 valence electrons. The number of halogens is 1. The lowest BCUT2D eigenvalue weighted by atomic mass is 10.2. The molecule has 0 bridgehead atoms. The molecule has 24 heavy (non-hydrogen) atoms. The van der Waals surface area contributed by atoms with Gasteiger partial charge in [0.15, 0.2) is 6.61 Å². The fraction of sp³-hybridized carbons (Fsp3) is 0.111. The van der Waals surface area contributed by atoms with Gasteiger partial charge in [-0.1, -0.05) is 30.3 Å². The lowest BCUT2D eigenvalue weighted by molar-refractivity contribution is -0.118. The maximum Gasteiger partial charge on any atom is 0.262 e. The summed E-state index contributed by atoms with van der Waals surface area (Å²) in [7, 11) is 0. The summed E-state index contributed by atoms with van der Waals surface area (Å²) in [5.74, 6) is 0.102. The summed E-state index contributed by atoms with van der Waals surface area (Å²) in [5, 5.41) is 6.89. The van der Waals surface area contributed by atoms with E-state index in [0.29, 0.717) is 18.0 Å². The Morgan fingerprint density at radius 1 is 1.12 bits per heavy atom. The van der Waals surface area contributed by atoms with Gasteiger partial charge in [-0.25, -0.2) is 4.39 Å². The van der Waals surface area contributed by atoms with E-state index in [9.17, 15) is 9.18 Å². The molecule has 1 amide bonds. The molecule has 6 heteroatoms. The van der Waals surface area contributed by atoms with Gasteiger partial charge in [-0.05, 0) is 29.8 Å². The molecule has 1 aromatic heterocycles. The van der Waals surface area contributed by atoms with E-state index in [1.807, 2.05) is 18.2 Å². The molecule has 0 fully saturated rings. The average Bonchev–Trinajstić information content (AvgIpc) is 3.03. The van der Waals surface area contributed by atoms with Crippen molar-refractivity contribution in [3.8, 4) is 5.75 Å². The normalized spacial score (nSPS) is 10.4. The molecule has 0 aliphatic heterocycles. The third-order valence-electron chi connectivity index (χ3n) is 3.29. The minimum absolute atomic E-state index is 0.0762. The van der Waals surface area contributed by atoms with E-state index >= 15 is 0 Å². The standard InChI is InChI=1S/C18H16FN3O2/c19-15-8-6-14(7-9-15)11-22-12-16(10-20-22)21-18(23)13-24-17-4-2-1-3-5-17/h1-10,12H,11,13H2,(H,21,23). The van der Waals surface area contributed by atoms with E-state index < -0.39 is 0 Å². The summed E-state index contributed by atoms with van der Waals surface area (Å²) >= 11 is 0. The van der Waals surface area contributed by atoms with E-state index in [2.05, 4.69) is 10.4 Å². The van der Waals surface area contributed by atoms with Gasteiger partial charge in [0.25, 0.3) is 5.91 Å². The fourth-order valence-electron chi connectivity index (χ4n) is 2.15. The number of hydrogen-bond donors (Lipinski definition) is 1. The number of carbonyl (C=O) groups excluding carboxylic acids is 1. The summed E-state index contributed by atoms with van der Waals surface area (Å²) in [6, 6.07) is 15.3. The van der Waals surface area contributed by atoms with Crippen LogP contribution in [0.2, 0.25) is 0 Å². The number of hydrogen-bond acceptors (Lipinski definition) is 3. The van der Waals surface area contributed by atoms with E-state index in [-0.39, 0.29) is 18.3 Å². The molecule has 1 heterocycles. The second-order valence-electron chi connectivity index (χ2n) is 5.20. The van der Waals surface area contributed by atoms with Crippen molar-refractivity contribution in [3.05, 3.63) is 78.4 Å². The van der Waals surface area contributed by atoms with Gasteiger partial charge in [0.05, 0.1) is 18.4 Å². The number of rotatable bonds is 6. The Bertz CT molecular complexity index is 801. The molecule has 5 nitrogen and oxygen atoms in total. The fourth-order valence-corrected chi connectivity index (χ4v) is 2.15. The Morgan fingerprint density at radius 2 is 1.88 bits per heavy atom. The van der Waals surface area contributed by atoms with Crippen LogP contribution in [0.15, 0.2) is 67.0 Å². The largest absolute Gasteiger partial charge is 0.484 e. The van der Waals surface area contributed by atoms with Crippen molar-refractivity contribution < 1.29 is 13.9 Å². The van der Waals surface area contributed by atoms with Crippen molar-refractivity contribution in [1.29, 1.82) is 0 Å². The zero-order valence-corrected chi connectivity index (χ0v) is 12.9. The molecule has 3 aromatic rings. The van der Waals surface area contributed by atoms with Crippen LogP contribution in [0, 0.1) is 5.82 Å². The predicted molar refractivity (Wildman–Crippen MR) is 88.3 cm³/mol. The van der Waals surface area contributed by atoms with E-state index in [1.165, 1.54) is 12.1 Å².